The average molecular weight is 277 g/mol. The van der Waals surface area contributed by atoms with E-state index in [9.17, 15) is 0 Å². The Labute approximate surface area is 118 Å². The molecule has 1 atom stereocenters. The number of benzene rings is 1. The van der Waals surface area contributed by atoms with Gasteiger partial charge in [-0.1, -0.05) is 23.7 Å². The van der Waals surface area contributed by atoms with Crippen molar-refractivity contribution in [2.45, 2.75) is 26.5 Å². The van der Waals surface area contributed by atoms with E-state index in [4.69, 9.17) is 22.1 Å². The van der Waals surface area contributed by atoms with Gasteiger partial charge < -0.3 is 10.5 Å². The maximum Gasteiger partial charge on any atom is 0.124 e. The number of rotatable bonds is 4. The van der Waals surface area contributed by atoms with E-state index in [2.05, 4.69) is 4.98 Å². The number of pyridine rings is 1. The van der Waals surface area contributed by atoms with Gasteiger partial charge in [-0.15, -0.1) is 0 Å². The summed E-state index contributed by atoms with van der Waals surface area (Å²) in [6.07, 6.45) is 3.32. The van der Waals surface area contributed by atoms with Gasteiger partial charge >= 0.3 is 0 Å². The lowest BCUT2D eigenvalue weighted by molar-refractivity contribution is 0.301. The molecule has 100 valence electrons. The number of aryl methyl sites for hydroxylation is 1. The van der Waals surface area contributed by atoms with E-state index in [1.54, 1.807) is 12.4 Å². The Morgan fingerprint density at radius 1 is 1.37 bits per heavy atom. The van der Waals surface area contributed by atoms with E-state index in [1.165, 1.54) is 0 Å². The lowest BCUT2D eigenvalue weighted by Crippen LogP contribution is -2.08. The normalized spacial score (nSPS) is 12.2. The molecule has 2 aromatic rings. The van der Waals surface area contributed by atoms with Crippen molar-refractivity contribution >= 4 is 11.6 Å². The van der Waals surface area contributed by atoms with Crippen molar-refractivity contribution in [3.63, 3.8) is 0 Å². The quantitative estimate of drug-likeness (QED) is 0.927. The molecule has 2 rings (SSSR count). The predicted octanol–water partition coefficient (Wildman–Crippen LogP) is 3.64. The second-order valence-corrected chi connectivity index (χ2v) is 4.99. The van der Waals surface area contributed by atoms with Crippen molar-refractivity contribution in [3.8, 4) is 5.75 Å². The van der Waals surface area contributed by atoms with Crippen LogP contribution in [0.1, 0.15) is 29.7 Å². The summed E-state index contributed by atoms with van der Waals surface area (Å²) in [5.41, 5.74) is 8.99. The number of aromatic nitrogens is 1. The molecule has 0 bridgehead atoms. The second kappa shape index (κ2) is 6.04. The van der Waals surface area contributed by atoms with Crippen molar-refractivity contribution in [1.29, 1.82) is 0 Å². The predicted molar refractivity (Wildman–Crippen MR) is 77.4 cm³/mol. The molecule has 0 unspecified atom stereocenters. The van der Waals surface area contributed by atoms with Gasteiger partial charge in [0.25, 0.3) is 0 Å². The van der Waals surface area contributed by atoms with Crippen LogP contribution in [0.15, 0.2) is 36.7 Å². The fraction of sp³-hybridized carbons (Fsp3) is 0.267. The van der Waals surface area contributed by atoms with E-state index in [0.29, 0.717) is 11.6 Å². The Bertz CT molecular complexity index is 570. The first-order valence-corrected chi connectivity index (χ1v) is 6.53. The Morgan fingerprint density at radius 3 is 2.84 bits per heavy atom. The van der Waals surface area contributed by atoms with Crippen LogP contribution in [-0.4, -0.2) is 4.98 Å². The lowest BCUT2D eigenvalue weighted by atomic mass is 10.1. The van der Waals surface area contributed by atoms with E-state index in [1.807, 2.05) is 38.1 Å². The number of hydrogen-bond donors (Lipinski definition) is 1. The molecule has 0 amide bonds. The topological polar surface area (TPSA) is 48.1 Å². The zero-order valence-corrected chi connectivity index (χ0v) is 11.8. The van der Waals surface area contributed by atoms with Crippen molar-refractivity contribution in [2.24, 2.45) is 5.73 Å². The highest BCUT2D eigenvalue weighted by Gasteiger charge is 2.09. The molecule has 3 nitrogen and oxygen atoms in total. The molecule has 0 aliphatic rings. The number of nitrogens with zero attached hydrogens (tertiary/aromatic N) is 1. The highest BCUT2D eigenvalue weighted by Crippen LogP contribution is 2.26. The van der Waals surface area contributed by atoms with Gasteiger partial charge in [0.05, 0.1) is 5.02 Å². The summed E-state index contributed by atoms with van der Waals surface area (Å²) >= 11 is 6.06. The van der Waals surface area contributed by atoms with Crippen LogP contribution in [0.5, 0.6) is 5.75 Å². The summed E-state index contributed by atoms with van der Waals surface area (Å²) in [5.74, 6) is 0.808. The van der Waals surface area contributed by atoms with Crippen molar-refractivity contribution < 1.29 is 4.74 Å². The summed E-state index contributed by atoms with van der Waals surface area (Å²) in [6.45, 7) is 4.37. The summed E-state index contributed by atoms with van der Waals surface area (Å²) in [5, 5.41) is 0.609. The molecule has 0 fully saturated rings. The molecular weight excluding hydrogens is 260 g/mol. The molecule has 0 saturated carbocycles. The van der Waals surface area contributed by atoms with Gasteiger partial charge in [-0.2, -0.15) is 0 Å². The molecule has 19 heavy (non-hydrogen) atoms. The minimum Gasteiger partial charge on any atom is -0.488 e. The van der Waals surface area contributed by atoms with Gasteiger partial charge in [0.15, 0.2) is 0 Å². The van der Waals surface area contributed by atoms with Crippen LogP contribution in [0.2, 0.25) is 5.02 Å². The fourth-order valence-electron chi connectivity index (χ4n) is 1.82. The molecule has 1 aromatic heterocycles. The highest BCUT2D eigenvalue weighted by molar-refractivity contribution is 6.31. The van der Waals surface area contributed by atoms with Crippen molar-refractivity contribution in [3.05, 3.63) is 58.4 Å². The molecule has 0 saturated heterocycles. The van der Waals surface area contributed by atoms with Gasteiger partial charge in [0, 0.05) is 29.6 Å². The maximum absolute atomic E-state index is 6.06. The molecule has 1 aromatic carbocycles. The maximum atomic E-state index is 6.06. The zero-order chi connectivity index (χ0) is 13.8. The standard InChI is InChI=1S/C15H17ClN2O/c1-10-3-4-13(11(2)17)15(7-10)19-9-12-5-6-18-8-14(12)16/h3-8,11H,9,17H2,1-2H3/t11-/m0/s1. The summed E-state index contributed by atoms with van der Waals surface area (Å²) in [4.78, 5) is 3.95. The fourth-order valence-corrected chi connectivity index (χ4v) is 1.99. The average Bonchev–Trinajstić information content (AvgIpc) is 2.37. The van der Waals surface area contributed by atoms with Crippen LogP contribution in [0.3, 0.4) is 0 Å². The van der Waals surface area contributed by atoms with Gasteiger partial charge in [-0.3, -0.25) is 4.98 Å². The Balaban J connectivity index is 2.19. The largest absolute Gasteiger partial charge is 0.488 e. The number of hydrogen-bond acceptors (Lipinski definition) is 3. The van der Waals surface area contributed by atoms with Crippen LogP contribution >= 0.6 is 11.6 Å². The highest BCUT2D eigenvalue weighted by atomic mass is 35.5. The Morgan fingerprint density at radius 2 is 2.16 bits per heavy atom. The van der Waals surface area contributed by atoms with Crippen LogP contribution in [0, 0.1) is 6.92 Å². The number of halogens is 1. The van der Waals surface area contributed by atoms with Crippen LogP contribution in [0.4, 0.5) is 0 Å². The zero-order valence-electron chi connectivity index (χ0n) is 11.1. The smallest absolute Gasteiger partial charge is 0.124 e. The molecule has 0 radical (unpaired) electrons. The third kappa shape index (κ3) is 3.46. The molecular formula is C15H17ClN2O. The molecule has 1 heterocycles. The first-order valence-electron chi connectivity index (χ1n) is 6.15. The molecule has 0 aliphatic heterocycles. The lowest BCUT2D eigenvalue weighted by Gasteiger charge is -2.15. The van der Waals surface area contributed by atoms with Gasteiger partial charge in [0.1, 0.15) is 12.4 Å². The van der Waals surface area contributed by atoms with Crippen LogP contribution in [0.25, 0.3) is 0 Å². The molecule has 0 spiro atoms. The van der Waals surface area contributed by atoms with Gasteiger partial charge in [-0.25, -0.2) is 0 Å². The minimum atomic E-state index is -0.0662. The molecule has 0 aliphatic carbocycles. The van der Waals surface area contributed by atoms with E-state index in [0.717, 1.165) is 22.4 Å². The molecule has 4 heteroatoms. The second-order valence-electron chi connectivity index (χ2n) is 4.59. The van der Waals surface area contributed by atoms with E-state index in [-0.39, 0.29) is 6.04 Å². The van der Waals surface area contributed by atoms with Crippen molar-refractivity contribution in [1.82, 2.24) is 4.98 Å². The van der Waals surface area contributed by atoms with Gasteiger partial charge in [0.2, 0.25) is 0 Å². The third-order valence-corrected chi connectivity index (χ3v) is 3.24. The Hall–Kier alpha value is -1.58. The van der Waals surface area contributed by atoms with Crippen LogP contribution < -0.4 is 10.5 Å². The third-order valence-electron chi connectivity index (χ3n) is 2.90. The number of nitrogens with two attached hydrogens (primary N) is 1. The monoisotopic (exact) mass is 276 g/mol. The molecule has 2 N–H and O–H groups in total. The SMILES string of the molecule is Cc1ccc([C@H](C)N)c(OCc2ccncc2Cl)c1. The van der Waals surface area contributed by atoms with E-state index >= 15 is 0 Å². The summed E-state index contributed by atoms with van der Waals surface area (Å²) in [6, 6.07) is 7.81. The minimum absolute atomic E-state index is 0.0662. The van der Waals surface area contributed by atoms with E-state index < -0.39 is 0 Å². The van der Waals surface area contributed by atoms with Gasteiger partial charge in [-0.05, 0) is 31.5 Å². The number of ether oxygens (including phenoxy) is 1. The Kier molecular flexibility index (Phi) is 4.40. The first-order chi connectivity index (χ1) is 9.08. The first kappa shape index (κ1) is 13.8. The summed E-state index contributed by atoms with van der Waals surface area (Å²) < 4.78 is 5.85. The summed E-state index contributed by atoms with van der Waals surface area (Å²) in [7, 11) is 0. The van der Waals surface area contributed by atoms with Crippen molar-refractivity contribution in [2.75, 3.05) is 0 Å². The van der Waals surface area contributed by atoms with Crippen LogP contribution in [-0.2, 0) is 6.61 Å².